The van der Waals surface area contributed by atoms with Crippen LogP contribution in [-0.2, 0) is 13.6 Å². The number of halogens is 3. The quantitative estimate of drug-likeness (QED) is 0.498. The van der Waals surface area contributed by atoms with Gasteiger partial charge in [-0.15, -0.1) is 0 Å². The Morgan fingerprint density at radius 2 is 2.10 bits per heavy atom. The Morgan fingerprint density at radius 1 is 1.38 bits per heavy atom. The highest BCUT2D eigenvalue weighted by atomic mass is 19.4. The molecule has 1 N–H and O–H groups in total. The number of aliphatic imine (C=N–C) groups is 1. The molecule has 0 aliphatic heterocycles. The maximum Gasteiger partial charge on any atom is 0.389 e. The van der Waals surface area contributed by atoms with Crippen LogP contribution in [0.2, 0.25) is 0 Å². The first-order valence-electron chi connectivity index (χ1n) is 6.92. The van der Waals surface area contributed by atoms with Gasteiger partial charge in [-0.2, -0.15) is 13.2 Å². The molecule has 0 aliphatic rings. The molecule has 0 saturated carbocycles. The van der Waals surface area contributed by atoms with E-state index in [-0.39, 0.29) is 6.42 Å². The molecule has 1 rings (SSSR count). The highest BCUT2D eigenvalue weighted by Gasteiger charge is 2.25. The summed E-state index contributed by atoms with van der Waals surface area (Å²) in [5, 5.41) is 3.09. The van der Waals surface area contributed by atoms with Crippen molar-refractivity contribution < 1.29 is 13.2 Å². The summed E-state index contributed by atoms with van der Waals surface area (Å²) in [7, 11) is 5.54. The number of hydrogen-bond donors (Lipinski definition) is 1. The van der Waals surface area contributed by atoms with Crippen LogP contribution in [0.15, 0.2) is 23.3 Å². The van der Waals surface area contributed by atoms with Gasteiger partial charge in [0.2, 0.25) is 0 Å². The fourth-order valence-electron chi connectivity index (χ4n) is 2.01. The molecule has 1 heterocycles. The predicted octanol–water partition coefficient (Wildman–Crippen LogP) is 2.76. The largest absolute Gasteiger partial charge is 0.389 e. The van der Waals surface area contributed by atoms with E-state index in [1.165, 1.54) is 0 Å². The SMILES string of the molecule is CN=C(NCCCCC(F)(F)F)N(C)Cc1cccn1C. The second kappa shape index (κ2) is 7.95. The molecule has 0 atom stereocenters. The number of alkyl halides is 3. The van der Waals surface area contributed by atoms with Crippen molar-refractivity contribution in [1.29, 1.82) is 0 Å². The van der Waals surface area contributed by atoms with Crippen LogP contribution >= 0.6 is 0 Å². The molecule has 120 valence electrons. The van der Waals surface area contributed by atoms with E-state index in [1.807, 2.05) is 41.9 Å². The van der Waals surface area contributed by atoms with Crippen molar-refractivity contribution in [3.05, 3.63) is 24.0 Å². The van der Waals surface area contributed by atoms with E-state index in [2.05, 4.69) is 10.3 Å². The lowest BCUT2D eigenvalue weighted by Gasteiger charge is -2.22. The van der Waals surface area contributed by atoms with Crippen molar-refractivity contribution in [1.82, 2.24) is 14.8 Å². The zero-order valence-corrected chi connectivity index (χ0v) is 12.7. The first-order valence-corrected chi connectivity index (χ1v) is 6.92. The molecule has 0 spiro atoms. The molecule has 1 aromatic rings. The summed E-state index contributed by atoms with van der Waals surface area (Å²) in [4.78, 5) is 6.09. The molecule has 0 aliphatic carbocycles. The van der Waals surface area contributed by atoms with Gasteiger partial charge in [-0.3, -0.25) is 4.99 Å². The number of nitrogens with one attached hydrogen (secondary N) is 1. The van der Waals surface area contributed by atoms with E-state index in [4.69, 9.17) is 0 Å². The number of aryl methyl sites for hydroxylation is 1. The molecule has 0 amide bonds. The Hall–Kier alpha value is -1.66. The van der Waals surface area contributed by atoms with Gasteiger partial charge >= 0.3 is 6.18 Å². The van der Waals surface area contributed by atoms with Gasteiger partial charge in [0.25, 0.3) is 0 Å². The molecule has 4 nitrogen and oxygen atoms in total. The summed E-state index contributed by atoms with van der Waals surface area (Å²) in [5.74, 6) is 0.684. The van der Waals surface area contributed by atoms with Crippen molar-refractivity contribution in [2.24, 2.45) is 12.0 Å². The maximum absolute atomic E-state index is 12.0. The monoisotopic (exact) mass is 304 g/mol. The van der Waals surface area contributed by atoms with Gasteiger partial charge in [-0.1, -0.05) is 0 Å². The second-order valence-corrected chi connectivity index (χ2v) is 5.01. The molecule has 0 radical (unpaired) electrons. The predicted molar refractivity (Wildman–Crippen MR) is 78.1 cm³/mol. The molecule has 0 fully saturated rings. The van der Waals surface area contributed by atoms with Gasteiger partial charge < -0.3 is 14.8 Å². The number of hydrogen-bond acceptors (Lipinski definition) is 1. The van der Waals surface area contributed by atoms with Crippen LogP contribution in [0.3, 0.4) is 0 Å². The second-order valence-electron chi connectivity index (χ2n) is 5.01. The van der Waals surface area contributed by atoms with Crippen molar-refractivity contribution in [3.63, 3.8) is 0 Å². The molecular weight excluding hydrogens is 281 g/mol. The van der Waals surface area contributed by atoms with Crippen LogP contribution in [-0.4, -0.2) is 42.2 Å². The minimum atomic E-state index is -4.06. The number of guanidine groups is 1. The Labute approximate surface area is 123 Å². The van der Waals surface area contributed by atoms with Crippen molar-refractivity contribution >= 4 is 5.96 Å². The minimum absolute atomic E-state index is 0.134. The van der Waals surface area contributed by atoms with Crippen LogP contribution in [0.4, 0.5) is 13.2 Å². The van der Waals surface area contributed by atoms with Crippen LogP contribution in [0.25, 0.3) is 0 Å². The Kier molecular flexibility index (Phi) is 6.58. The minimum Gasteiger partial charge on any atom is -0.356 e. The molecule has 7 heteroatoms. The first kappa shape index (κ1) is 17.4. The molecule has 0 saturated heterocycles. The van der Waals surface area contributed by atoms with Crippen LogP contribution in [0.1, 0.15) is 25.0 Å². The average Bonchev–Trinajstić information content (AvgIpc) is 2.78. The smallest absolute Gasteiger partial charge is 0.356 e. The third-order valence-electron chi connectivity index (χ3n) is 3.19. The molecule has 1 aromatic heterocycles. The number of rotatable bonds is 6. The van der Waals surface area contributed by atoms with Gasteiger partial charge in [0, 0.05) is 46.0 Å². The van der Waals surface area contributed by atoms with Crippen LogP contribution < -0.4 is 5.32 Å². The third-order valence-corrected chi connectivity index (χ3v) is 3.19. The Balaban J connectivity index is 2.33. The normalized spacial score (nSPS) is 12.6. The third kappa shape index (κ3) is 6.55. The number of unbranched alkanes of at least 4 members (excludes halogenated alkanes) is 1. The lowest BCUT2D eigenvalue weighted by molar-refractivity contribution is -0.135. The standard InChI is InChI=1S/C14H23F3N4/c1-18-13(19-9-5-4-8-14(15,16)17)21(3)11-12-7-6-10-20(12)2/h6-7,10H,4-5,8-9,11H2,1-3H3,(H,18,19). The van der Waals surface area contributed by atoms with Crippen molar-refractivity contribution in [2.75, 3.05) is 20.6 Å². The number of nitrogens with zero attached hydrogens (tertiary/aromatic N) is 3. The van der Waals surface area contributed by atoms with Gasteiger partial charge in [-0.05, 0) is 25.0 Å². The summed E-state index contributed by atoms with van der Waals surface area (Å²) < 4.78 is 38.1. The lowest BCUT2D eigenvalue weighted by atomic mass is 10.2. The van der Waals surface area contributed by atoms with Crippen LogP contribution in [0, 0.1) is 0 Å². The topological polar surface area (TPSA) is 32.6 Å². The summed E-state index contributed by atoms with van der Waals surface area (Å²) in [6.45, 7) is 1.17. The zero-order chi connectivity index (χ0) is 15.9. The molecule has 0 aromatic carbocycles. The van der Waals surface area contributed by atoms with E-state index in [1.54, 1.807) is 7.05 Å². The van der Waals surface area contributed by atoms with Gasteiger partial charge in [-0.25, -0.2) is 0 Å². The summed E-state index contributed by atoms with van der Waals surface area (Å²) in [6, 6.07) is 3.99. The molecule has 0 bridgehead atoms. The van der Waals surface area contributed by atoms with E-state index in [0.717, 1.165) is 5.69 Å². The molecule has 0 unspecified atom stereocenters. The van der Waals surface area contributed by atoms with Gasteiger partial charge in [0.05, 0.1) is 6.54 Å². The summed E-state index contributed by atoms with van der Waals surface area (Å²) in [6.07, 6.45) is -2.22. The zero-order valence-electron chi connectivity index (χ0n) is 12.7. The van der Waals surface area contributed by atoms with E-state index < -0.39 is 12.6 Å². The fourth-order valence-corrected chi connectivity index (χ4v) is 2.01. The Morgan fingerprint density at radius 3 is 2.62 bits per heavy atom. The van der Waals surface area contributed by atoms with E-state index in [0.29, 0.717) is 25.5 Å². The first-order chi connectivity index (χ1) is 9.83. The van der Waals surface area contributed by atoms with E-state index >= 15 is 0 Å². The van der Waals surface area contributed by atoms with Gasteiger partial charge in [0.1, 0.15) is 0 Å². The number of aromatic nitrogens is 1. The summed E-state index contributed by atoms with van der Waals surface area (Å²) >= 11 is 0. The maximum atomic E-state index is 12.0. The molecular formula is C14H23F3N4. The Bertz CT molecular complexity index is 451. The van der Waals surface area contributed by atoms with Crippen molar-refractivity contribution in [2.45, 2.75) is 32.0 Å². The van der Waals surface area contributed by atoms with Crippen LogP contribution in [0.5, 0.6) is 0 Å². The van der Waals surface area contributed by atoms with Crippen molar-refractivity contribution in [3.8, 4) is 0 Å². The summed E-state index contributed by atoms with van der Waals surface area (Å²) in [5.41, 5.74) is 1.14. The lowest BCUT2D eigenvalue weighted by Crippen LogP contribution is -2.39. The highest BCUT2D eigenvalue weighted by Crippen LogP contribution is 2.21. The average molecular weight is 304 g/mol. The molecule has 21 heavy (non-hydrogen) atoms. The van der Waals surface area contributed by atoms with Gasteiger partial charge in [0.15, 0.2) is 5.96 Å². The van der Waals surface area contributed by atoms with E-state index in [9.17, 15) is 13.2 Å². The fraction of sp³-hybridized carbons (Fsp3) is 0.643. The highest BCUT2D eigenvalue weighted by molar-refractivity contribution is 5.79.